The number of unbranched alkanes of at least 4 members (excludes halogenated alkanes) is 1. The normalized spacial score (nSPS) is 11.8. The molecular formula is C33H67NO14. The first-order valence-corrected chi connectivity index (χ1v) is 17.3. The van der Waals surface area contributed by atoms with Gasteiger partial charge < -0.3 is 67.3 Å². The lowest BCUT2D eigenvalue weighted by Crippen LogP contribution is -2.24. The first kappa shape index (κ1) is 47.0. The fourth-order valence-corrected chi connectivity index (χ4v) is 3.44. The van der Waals surface area contributed by atoms with Crippen molar-refractivity contribution in [2.75, 3.05) is 165 Å². The van der Waals surface area contributed by atoms with Crippen molar-refractivity contribution in [2.45, 2.75) is 45.6 Å². The van der Waals surface area contributed by atoms with Crippen LogP contribution in [0.1, 0.15) is 40.0 Å². The first-order chi connectivity index (χ1) is 23.5. The summed E-state index contributed by atoms with van der Waals surface area (Å²) in [6, 6.07) is 0. The molecule has 0 amide bonds. The Morgan fingerprint density at radius 3 is 0.854 bits per heavy atom. The van der Waals surface area contributed by atoms with Gasteiger partial charge in [-0.3, -0.25) is 4.79 Å². The van der Waals surface area contributed by atoms with Gasteiger partial charge >= 0.3 is 5.97 Å². The summed E-state index contributed by atoms with van der Waals surface area (Å²) in [7, 11) is 0. The van der Waals surface area contributed by atoms with E-state index < -0.39 is 5.60 Å². The summed E-state index contributed by atoms with van der Waals surface area (Å²) < 4.78 is 70.6. The zero-order valence-electron chi connectivity index (χ0n) is 30.1. The van der Waals surface area contributed by atoms with E-state index in [1.165, 1.54) is 0 Å². The van der Waals surface area contributed by atoms with Gasteiger partial charge in [0.15, 0.2) is 0 Å². The smallest absolute Gasteiger partial charge is 0.308 e. The van der Waals surface area contributed by atoms with E-state index in [2.05, 4.69) is 0 Å². The van der Waals surface area contributed by atoms with Crippen molar-refractivity contribution >= 4 is 5.97 Å². The molecule has 0 aromatic carbocycles. The highest BCUT2D eigenvalue weighted by Gasteiger charge is 2.15. The third-order valence-corrected chi connectivity index (χ3v) is 5.68. The Balaban J connectivity index is 3.09. The van der Waals surface area contributed by atoms with Gasteiger partial charge in [-0.25, -0.2) is 0 Å². The molecule has 0 atom stereocenters. The van der Waals surface area contributed by atoms with Crippen molar-refractivity contribution < 1.29 is 66.4 Å². The van der Waals surface area contributed by atoms with Crippen LogP contribution in [0, 0.1) is 0 Å². The number of rotatable bonds is 40. The van der Waals surface area contributed by atoms with E-state index in [-0.39, 0.29) is 12.4 Å². The van der Waals surface area contributed by atoms with Crippen molar-refractivity contribution in [3.63, 3.8) is 0 Å². The summed E-state index contributed by atoms with van der Waals surface area (Å²) >= 11 is 0. The van der Waals surface area contributed by atoms with E-state index in [0.29, 0.717) is 165 Å². The summed E-state index contributed by atoms with van der Waals surface area (Å²) in [4.78, 5) is 11.6. The minimum atomic E-state index is -0.457. The number of carbonyl (C=O) groups excluding carboxylic acids is 1. The molecule has 0 aliphatic carbocycles. The van der Waals surface area contributed by atoms with Gasteiger partial charge in [0.25, 0.3) is 0 Å². The minimum absolute atomic E-state index is 0.235. The first-order valence-electron chi connectivity index (χ1n) is 17.3. The van der Waals surface area contributed by atoms with E-state index in [9.17, 15) is 4.79 Å². The molecule has 0 saturated heterocycles. The number of hydrogen-bond acceptors (Lipinski definition) is 15. The SMILES string of the molecule is CC(C)(C)OC(=O)CCOCCCCOCCOCCOCCOCCOCCOCCOCCOCCOCCOCCOCCN. The van der Waals surface area contributed by atoms with Crippen molar-refractivity contribution in [3.8, 4) is 0 Å². The molecule has 0 aromatic heterocycles. The second-order valence-corrected chi connectivity index (χ2v) is 11.2. The third-order valence-electron chi connectivity index (χ3n) is 5.68. The monoisotopic (exact) mass is 701 g/mol. The molecular weight excluding hydrogens is 634 g/mol. The van der Waals surface area contributed by atoms with Gasteiger partial charge in [0.05, 0.1) is 152 Å². The zero-order valence-corrected chi connectivity index (χ0v) is 30.1. The van der Waals surface area contributed by atoms with Gasteiger partial charge in [-0.15, -0.1) is 0 Å². The fraction of sp³-hybridized carbons (Fsp3) is 0.970. The van der Waals surface area contributed by atoms with Crippen LogP contribution in [0.2, 0.25) is 0 Å². The molecule has 0 rings (SSSR count). The number of carbonyl (C=O) groups is 1. The summed E-state index contributed by atoms with van der Waals surface area (Å²) in [6.07, 6.45) is 2.05. The average molecular weight is 702 g/mol. The lowest BCUT2D eigenvalue weighted by molar-refractivity contribution is -0.156. The molecule has 2 N–H and O–H groups in total. The largest absolute Gasteiger partial charge is 0.460 e. The van der Waals surface area contributed by atoms with Crippen LogP contribution in [0.3, 0.4) is 0 Å². The Kier molecular flexibility index (Phi) is 37.9. The molecule has 0 spiro atoms. The highest BCUT2D eigenvalue weighted by Crippen LogP contribution is 2.08. The van der Waals surface area contributed by atoms with Crippen LogP contribution in [0.5, 0.6) is 0 Å². The molecule has 0 heterocycles. The van der Waals surface area contributed by atoms with Crippen LogP contribution in [0.25, 0.3) is 0 Å². The highest BCUT2D eigenvalue weighted by molar-refractivity contribution is 5.69. The maximum atomic E-state index is 11.6. The third kappa shape index (κ3) is 43.0. The number of esters is 1. The molecule has 0 fully saturated rings. The summed E-state index contributed by atoms with van der Waals surface area (Å²) in [5.41, 5.74) is 4.87. The Bertz CT molecular complexity index is 642. The van der Waals surface area contributed by atoms with Crippen LogP contribution in [-0.4, -0.2) is 177 Å². The molecule has 0 radical (unpaired) electrons. The van der Waals surface area contributed by atoms with Crippen molar-refractivity contribution in [1.29, 1.82) is 0 Å². The van der Waals surface area contributed by atoms with E-state index in [0.717, 1.165) is 12.8 Å². The van der Waals surface area contributed by atoms with E-state index in [1.807, 2.05) is 20.8 Å². The molecule has 0 aliphatic heterocycles. The van der Waals surface area contributed by atoms with Crippen LogP contribution in [-0.2, 0) is 66.4 Å². The highest BCUT2D eigenvalue weighted by atomic mass is 16.6. The van der Waals surface area contributed by atoms with Crippen molar-refractivity contribution in [2.24, 2.45) is 5.73 Å². The van der Waals surface area contributed by atoms with Crippen LogP contribution in [0.4, 0.5) is 0 Å². The number of nitrogens with two attached hydrogens (primary N) is 1. The van der Waals surface area contributed by atoms with Gasteiger partial charge in [0.2, 0.25) is 0 Å². The Morgan fingerprint density at radius 2 is 0.604 bits per heavy atom. The summed E-state index contributed by atoms with van der Waals surface area (Å²) in [5.74, 6) is -0.235. The van der Waals surface area contributed by atoms with Crippen LogP contribution in [0.15, 0.2) is 0 Å². The molecule has 15 heteroatoms. The van der Waals surface area contributed by atoms with Crippen molar-refractivity contribution in [3.05, 3.63) is 0 Å². The Labute approximate surface area is 288 Å². The summed E-state index contributed by atoms with van der Waals surface area (Å²) in [6.45, 7) is 18.6. The molecule has 15 nitrogen and oxygen atoms in total. The summed E-state index contributed by atoms with van der Waals surface area (Å²) in [5, 5.41) is 0. The van der Waals surface area contributed by atoms with Gasteiger partial charge in [0, 0.05) is 19.8 Å². The van der Waals surface area contributed by atoms with Gasteiger partial charge in [0.1, 0.15) is 5.60 Å². The predicted octanol–water partition coefficient (Wildman–Crippen LogP) is 1.66. The number of hydrogen-bond donors (Lipinski definition) is 1. The standard InChI is InChI=1S/C33H67NO14/c1-33(2,3)48-32(35)6-10-36-8-4-5-9-37-12-14-39-16-18-41-20-22-43-24-26-45-28-30-47-31-29-46-27-25-44-23-21-42-19-17-40-15-13-38-11-7-34/h4-31,34H2,1-3H3. The maximum absolute atomic E-state index is 11.6. The molecule has 0 bridgehead atoms. The second kappa shape index (κ2) is 38.7. The fourth-order valence-electron chi connectivity index (χ4n) is 3.44. The average Bonchev–Trinajstić information content (AvgIpc) is 3.05. The topological polar surface area (TPSA) is 163 Å². The Hall–Kier alpha value is -1.05. The van der Waals surface area contributed by atoms with E-state index in [4.69, 9.17) is 67.3 Å². The molecule has 0 aliphatic rings. The van der Waals surface area contributed by atoms with Gasteiger partial charge in [-0.2, -0.15) is 0 Å². The van der Waals surface area contributed by atoms with Gasteiger partial charge in [-0.1, -0.05) is 0 Å². The van der Waals surface area contributed by atoms with E-state index in [1.54, 1.807) is 0 Å². The van der Waals surface area contributed by atoms with Crippen LogP contribution >= 0.6 is 0 Å². The van der Waals surface area contributed by atoms with E-state index >= 15 is 0 Å². The molecule has 0 saturated carbocycles. The quantitative estimate of drug-likeness (QED) is 0.0724. The molecule has 0 unspecified atom stereocenters. The van der Waals surface area contributed by atoms with Gasteiger partial charge in [-0.05, 0) is 33.6 Å². The lowest BCUT2D eigenvalue weighted by atomic mass is 10.2. The molecule has 0 aromatic rings. The van der Waals surface area contributed by atoms with Crippen LogP contribution < -0.4 is 5.73 Å². The Morgan fingerprint density at radius 1 is 0.375 bits per heavy atom. The second-order valence-electron chi connectivity index (χ2n) is 11.2. The lowest BCUT2D eigenvalue weighted by Gasteiger charge is -2.19. The minimum Gasteiger partial charge on any atom is -0.460 e. The number of ether oxygens (including phenoxy) is 13. The van der Waals surface area contributed by atoms with Crippen molar-refractivity contribution in [1.82, 2.24) is 0 Å². The maximum Gasteiger partial charge on any atom is 0.308 e. The zero-order chi connectivity index (χ0) is 35.1. The molecule has 288 valence electrons. The predicted molar refractivity (Wildman–Crippen MR) is 179 cm³/mol. The molecule has 48 heavy (non-hydrogen) atoms.